The summed E-state index contributed by atoms with van der Waals surface area (Å²) in [5.41, 5.74) is 7.57. The van der Waals surface area contributed by atoms with Gasteiger partial charge in [0.15, 0.2) is 0 Å². The maximum absolute atomic E-state index is 13.0. The molecular formula is C20H18N4O4. The quantitative estimate of drug-likeness (QED) is 0.587. The molecule has 1 atom stereocenters. The van der Waals surface area contributed by atoms with Crippen LogP contribution in [0.5, 0.6) is 11.5 Å². The number of methoxy groups -OCH3 is 1. The molecule has 4 N–H and O–H groups in total. The van der Waals surface area contributed by atoms with Crippen LogP contribution in [0.1, 0.15) is 0 Å². The minimum Gasteiger partial charge on any atom is -0.506 e. The van der Waals surface area contributed by atoms with Gasteiger partial charge in [-0.2, -0.15) is 0 Å². The third-order valence-corrected chi connectivity index (χ3v) is 4.41. The molecule has 3 aromatic rings. The number of nitrogens with two attached hydrogens (primary N) is 1. The second kappa shape index (κ2) is 6.99. The van der Waals surface area contributed by atoms with Crippen molar-refractivity contribution in [1.82, 2.24) is 0 Å². The third kappa shape index (κ3) is 3.01. The van der Waals surface area contributed by atoms with Gasteiger partial charge in [0.05, 0.1) is 24.3 Å². The highest BCUT2D eigenvalue weighted by Gasteiger charge is 2.32. The van der Waals surface area contributed by atoms with Crippen LogP contribution in [0.25, 0.3) is 5.82 Å². The number of hydrogen-bond acceptors (Lipinski definition) is 7. The molecule has 0 radical (unpaired) electrons. The highest BCUT2D eigenvalue weighted by molar-refractivity contribution is 5.99. The number of aromatic hydroxyl groups is 1. The lowest BCUT2D eigenvalue weighted by molar-refractivity contribution is -0.117. The highest BCUT2D eigenvalue weighted by atomic mass is 16.5. The lowest BCUT2D eigenvalue weighted by atomic mass is 10.2. The number of ether oxygens (including phenoxy) is 1. The summed E-state index contributed by atoms with van der Waals surface area (Å²) in [6.07, 6.45) is 0.447. The van der Waals surface area contributed by atoms with Crippen LogP contribution in [0.15, 0.2) is 70.3 Å². The van der Waals surface area contributed by atoms with Crippen molar-refractivity contribution in [2.24, 2.45) is 10.7 Å². The average Bonchev–Trinajstić information content (AvgIpc) is 3.19. The predicted octanol–water partition coefficient (Wildman–Crippen LogP) is 1.12. The molecule has 0 spiro atoms. The molecule has 8 nitrogen and oxygen atoms in total. The van der Waals surface area contributed by atoms with Crippen molar-refractivity contribution < 1.29 is 19.1 Å². The number of para-hydroxylation sites is 2. The number of fused-ring (bicyclic) bond motifs is 1. The van der Waals surface area contributed by atoms with Gasteiger partial charge in [-0.05, 0) is 42.5 Å². The minimum atomic E-state index is -1.02. The zero-order valence-corrected chi connectivity index (χ0v) is 15.0. The Balaban J connectivity index is 1.76. The number of hydrogen-bond donors (Lipinski definition) is 3. The number of carbonyl (C=O) groups is 1. The topological polar surface area (TPSA) is 113 Å². The second-order valence-corrected chi connectivity index (χ2v) is 6.10. The molecule has 2 heterocycles. The lowest BCUT2D eigenvalue weighted by Gasteiger charge is -2.31. The van der Waals surface area contributed by atoms with E-state index in [1.807, 2.05) is 0 Å². The van der Waals surface area contributed by atoms with Gasteiger partial charge in [0.1, 0.15) is 17.3 Å². The molecule has 0 aliphatic carbocycles. The van der Waals surface area contributed by atoms with Crippen LogP contribution in [0.3, 0.4) is 0 Å². The third-order valence-electron chi connectivity index (χ3n) is 4.41. The first kappa shape index (κ1) is 17.5. The summed E-state index contributed by atoms with van der Waals surface area (Å²) in [4.78, 5) is 19.0. The van der Waals surface area contributed by atoms with Crippen molar-refractivity contribution in [2.75, 3.05) is 17.3 Å². The van der Waals surface area contributed by atoms with Crippen LogP contribution in [-0.4, -0.2) is 24.3 Å². The molecule has 0 fully saturated rings. The van der Waals surface area contributed by atoms with Gasteiger partial charge in [0.25, 0.3) is 5.91 Å². The number of furan rings is 1. The first-order valence-electron chi connectivity index (χ1n) is 8.52. The number of carbonyl (C=O) groups excluding carboxylic acids is 1. The fourth-order valence-electron chi connectivity index (χ4n) is 3.00. The van der Waals surface area contributed by atoms with Crippen LogP contribution in [-0.2, 0) is 4.79 Å². The molecule has 142 valence electrons. The van der Waals surface area contributed by atoms with Gasteiger partial charge >= 0.3 is 0 Å². The Morgan fingerprint density at radius 2 is 1.96 bits per heavy atom. The van der Waals surface area contributed by atoms with Gasteiger partial charge < -0.3 is 25.3 Å². The van der Waals surface area contributed by atoms with Crippen LogP contribution >= 0.6 is 0 Å². The van der Waals surface area contributed by atoms with Gasteiger partial charge in [0, 0.05) is 5.69 Å². The first-order valence-corrected chi connectivity index (χ1v) is 8.52. The fraction of sp³-hybridized carbons (Fsp3) is 0.100. The Morgan fingerprint density at radius 1 is 1.21 bits per heavy atom. The summed E-state index contributed by atoms with van der Waals surface area (Å²) < 4.78 is 10.5. The SMILES string of the molecule is COc1ccc(N2C(N)=c3ccoc3=NC2C(=O)Nc2ccccc2O)cc1. The van der Waals surface area contributed by atoms with Crippen molar-refractivity contribution in [2.45, 2.75) is 6.17 Å². The number of phenolic OH excluding ortho intramolecular Hbond substituents is 1. The van der Waals surface area contributed by atoms with E-state index in [1.165, 1.54) is 12.3 Å². The monoisotopic (exact) mass is 378 g/mol. The Kier molecular flexibility index (Phi) is 4.36. The molecule has 28 heavy (non-hydrogen) atoms. The van der Waals surface area contributed by atoms with Crippen LogP contribution < -0.4 is 31.5 Å². The molecule has 1 aliphatic rings. The molecule has 1 unspecified atom stereocenters. The van der Waals surface area contributed by atoms with E-state index in [2.05, 4.69) is 10.3 Å². The Labute approximate surface area is 160 Å². The zero-order chi connectivity index (χ0) is 19.7. The van der Waals surface area contributed by atoms with E-state index < -0.39 is 12.1 Å². The van der Waals surface area contributed by atoms with Crippen molar-refractivity contribution in [3.05, 3.63) is 71.6 Å². The number of rotatable bonds is 4. The Bertz CT molecular complexity index is 1140. The van der Waals surface area contributed by atoms with Crippen LogP contribution in [0, 0.1) is 0 Å². The molecule has 4 rings (SSSR count). The standard InChI is InChI=1S/C20H18N4O4/c1-27-13-8-6-12(7-9-13)24-17(21)14-10-11-28-20(14)23-18(24)19(26)22-15-4-2-3-5-16(15)25/h2-11,18,25H,21H2,1H3,(H,22,26). The minimum absolute atomic E-state index is 0.0432. The van der Waals surface area contributed by atoms with Crippen LogP contribution in [0.4, 0.5) is 11.4 Å². The number of anilines is 2. The lowest BCUT2D eigenvalue weighted by Crippen LogP contribution is -2.52. The van der Waals surface area contributed by atoms with Crippen LogP contribution in [0.2, 0.25) is 0 Å². The number of nitrogens with zero attached hydrogens (tertiary/aromatic N) is 2. The largest absolute Gasteiger partial charge is 0.506 e. The maximum atomic E-state index is 13.0. The number of phenols is 1. The molecule has 0 saturated heterocycles. The average molecular weight is 378 g/mol. The van der Waals surface area contributed by atoms with Crippen molar-refractivity contribution in [3.8, 4) is 11.5 Å². The molecule has 1 aromatic heterocycles. The van der Waals surface area contributed by atoms with E-state index in [0.29, 0.717) is 22.5 Å². The van der Waals surface area contributed by atoms with Gasteiger partial charge in [-0.25, -0.2) is 4.99 Å². The smallest absolute Gasteiger partial charge is 0.270 e. The van der Waals surface area contributed by atoms with Gasteiger partial charge in [-0.1, -0.05) is 12.1 Å². The van der Waals surface area contributed by atoms with Crippen molar-refractivity contribution in [3.63, 3.8) is 0 Å². The fourth-order valence-corrected chi connectivity index (χ4v) is 3.00. The van der Waals surface area contributed by atoms with Gasteiger partial charge in [0.2, 0.25) is 11.7 Å². The van der Waals surface area contributed by atoms with E-state index in [9.17, 15) is 9.90 Å². The molecular weight excluding hydrogens is 360 g/mol. The Morgan fingerprint density at radius 3 is 2.68 bits per heavy atom. The molecule has 8 heteroatoms. The molecule has 1 aliphatic heterocycles. The maximum Gasteiger partial charge on any atom is 0.270 e. The summed E-state index contributed by atoms with van der Waals surface area (Å²) in [6.45, 7) is 0. The first-order chi connectivity index (χ1) is 13.6. The van der Waals surface area contributed by atoms with Crippen molar-refractivity contribution in [1.29, 1.82) is 0 Å². The molecule has 1 amide bonds. The molecule has 0 bridgehead atoms. The number of benzene rings is 2. The summed E-state index contributed by atoms with van der Waals surface area (Å²) in [6, 6.07) is 15.3. The molecule has 0 saturated carbocycles. The molecule has 2 aromatic carbocycles. The summed E-state index contributed by atoms with van der Waals surface area (Å²) in [5.74, 6) is 0.498. The number of nitrogens with one attached hydrogen (secondary N) is 1. The van der Waals surface area contributed by atoms with E-state index in [4.69, 9.17) is 14.9 Å². The second-order valence-electron chi connectivity index (χ2n) is 6.10. The van der Waals surface area contributed by atoms with Gasteiger partial charge in [-0.3, -0.25) is 9.69 Å². The normalized spacial score (nSPS) is 15.5. The summed E-state index contributed by atoms with van der Waals surface area (Å²) in [7, 11) is 1.58. The predicted molar refractivity (Wildman–Crippen MR) is 103 cm³/mol. The van der Waals surface area contributed by atoms with E-state index in [1.54, 1.807) is 60.5 Å². The highest BCUT2D eigenvalue weighted by Crippen LogP contribution is 2.27. The summed E-state index contributed by atoms with van der Waals surface area (Å²) >= 11 is 0. The Hall–Kier alpha value is -3.94. The van der Waals surface area contributed by atoms with Gasteiger partial charge in [-0.15, -0.1) is 0 Å². The van der Waals surface area contributed by atoms with E-state index >= 15 is 0 Å². The van der Waals surface area contributed by atoms with E-state index in [0.717, 1.165) is 0 Å². The summed E-state index contributed by atoms with van der Waals surface area (Å²) in [5, 5.41) is 13.2. The van der Waals surface area contributed by atoms with E-state index in [-0.39, 0.29) is 17.0 Å². The number of amides is 1. The zero-order valence-electron chi connectivity index (χ0n) is 15.0. The van der Waals surface area contributed by atoms with Crippen molar-refractivity contribution >= 4 is 23.1 Å².